The van der Waals surface area contributed by atoms with Crippen molar-refractivity contribution in [3.05, 3.63) is 50.8 Å². The molecule has 0 aromatic carbocycles. The van der Waals surface area contributed by atoms with Gasteiger partial charge < -0.3 is 10.3 Å². The molecular weight excluding hydrogens is 242 g/mol. The highest BCUT2D eigenvalue weighted by Gasteiger charge is 2.06. The molecule has 16 heavy (non-hydrogen) atoms. The van der Waals surface area contributed by atoms with Crippen LogP contribution in [-0.4, -0.2) is 14.5 Å². The minimum atomic E-state index is -0.164. The number of rotatable bonds is 3. The van der Waals surface area contributed by atoms with Crippen LogP contribution in [0.1, 0.15) is 10.4 Å². The number of pyridine rings is 1. The summed E-state index contributed by atoms with van der Waals surface area (Å²) in [7, 11) is 0. The van der Waals surface area contributed by atoms with E-state index in [1.54, 1.807) is 34.6 Å². The maximum atomic E-state index is 11.9. The number of thiazole rings is 1. The molecule has 0 atom stereocenters. The number of thiocarbonyl (C=S) groups is 1. The van der Waals surface area contributed by atoms with E-state index in [4.69, 9.17) is 18.0 Å². The third-order valence-electron chi connectivity index (χ3n) is 2.10. The summed E-state index contributed by atoms with van der Waals surface area (Å²) in [6, 6.07) is 3.39. The van der Waals surface area contributed by atoms with Crippen molar-refractivity contribution in [3.63, 3.8) is 0 Å². The standard InChI is InChI=1S/C10H9N3OS2/c11-9(15)8-2-1-3-13(10(8)14)5-7-4-12-6-16-7/h1-4,6H,5H2,(H2,11,15). The number of hydrogen-bond donors (Lipinski definition) is 1. The Morgan fingerprint density at radius 3 is 3.06 bits per heavy atom. The van der Waals surface area contributed by atoms with Crippen molar-refractivity contribution in [2.75, 3.05) is 0 Å². The third-order valence-corrected chi connectivity index (χ3v) is 3.08. The number of nitrogens with two attached hydrogens (primary N) is 1. The van der Waals surface area contributed by atoms with E-state index in [0.717, 1.165) is 4.88 Å². The van der Waals surface area contributed by atoms with Gasteiger partial charge in [-0.05, 0) is 12.1 Å². The molecule has 0 unspecified atom stereocenters. The van der Waals surface area contributed by atoms with Crippen molar-refractivity contribution in [2.24, 2.45) is 5.73 Å². The van der Waals surface area contributed by atoms with Gasteiger partial charge in [-0.1, -0.05) is 12.2 Å². The normalized spacial score (nSPS) is 10.2. The van der Waals surface area contributed by atoms with E-state index in [0.29, 0.717) is 12.1 Å². The van der Waals surface area contributed by atoms with Gasteiger partial charge in [-0.25, -0.2) is 0 Å². The van der Waals surface area contributed by atoms with Crippen molar-refractivity contribution in [1.82, 2.24) is 9.55 Å². The third kappa shape index (κ3) is 2.17. The van der Waals surface area contributed by atoms with Gasteiger partial charge in [0.25, 0.3) is 5.56 Å². The molecule has 2 rings (SSSR count). The molecular formula is C10H9N3OS2. The van der Waals surface area contributed by atoms with Crippen LogP contribution in [0.25, 0.3) is 0 Å². The average molecular weight is 251 g/mol. The highest BCUT2D eigenvalue weighted by atomic mass is 32.1. The maximum absolute atomic E-state index is 11.9. The van der Waals surface area contributed by atoms with Crippen molar-refractivity contribution in [3.8, 4) is 0 Å². The first-order chi connectivity index (χ1) is 7.68. The Hall–Kier alpha value is -1.53. The van der Waals surface area contributed by atoms with Crippen LogP contribution < -0.4 is 11.3 Å². The van der Waals surface area contributed by atoms with Gasteiger partial charge >= 0.3 is 0 Å². The predicted octanol–water partition coefficient (Wildman–Crippen LogP) is 0.987. The van der Waals surface area contributed by atoms with Gasteiger partial charge in [-0.3, -0.25) is 9.78 Å². The second-order valence-electron chi connectivity index (χ2n) is 3.19. The first-order valence-electron chi connectivity index (χ1n) is 4.55. The highest BCUT2D eigenvalue weighted by Crippen LogP contribution is 2.06. The Morgan fingerprint density at radius 2 is 2.44 bits per heavy atom. The first-order valence-corrected chi connectivity index (χ1v) is 5.84. The van der Waals surface area contributed by atoms with E-state index in [2.05, 4.69) is 4.98 Å². The molecule has 0 bridgehead atoms. The van der Waals surface area contributed by atoms with Crippen molar-refractivity contribution in [2.45, 2.75) is 6.54 Å². The molecule has 0 spiro atoms. The van der Waals surface area contributed by atoms with E-state index in [1.165, 1.54) is 11.3 Å². The zero-order valence-corrected chi connectivity index (χ0v) is 9.92. The summed E-state index contributed by atoms with van der Waals surface area (Å²) in [4.78, 5) is 17.0. The summed E-state index contributed by atoms with van der Waals surface area (Å²) >= 11 is 6.32. The van der Waals surface area contributed by atoms with E-state index >= 15 is 0 Å². The molecule has 0 amide bonds. The van der Waals surface area contributed by atoms with Crippen LogP contribution in [-0.2, 0) is 6.54 Å². The SMILES string of the molecule is NC(=S)c1cccn(Cc2cncs2)c1=O. The van der Waals surface area contributed by atoms with Gasteiger partial charge in [0, 0.05) is 17.3 Å². The molecule has 0 fully saturated rings. The summed E-state index contributed by atoms with van der Waals surface area (Å²) in [5.41, 5.74) is 7.41. The fourth-order valence-corrected chi connectivity index (χ4v) is 2.08. The Kier molecular flexibility index (Phi) is 3.12. The predicted molar refractivity (Wildman–Crippen MR) is 67.8 cm³/mol. The van der Waals surface area contributed by atoms with Crippen LogP contribution in [0.3, 0.4) is 0 Å². The van der Waals surface area contributed by atoms with Gasteiger partial charge in [-0.15, -0.1) is 11.3 Å². The van der Waals surface area contributed by atoms with E-state index in [-0.39, 0.29) is 10.5 Å². The summed E-state index contributed by atoms with van der Waals surface area (Å²) in [6.45, 7) is 0.500. The molecule has 0 saturated carbocycles. The van der Waals surface area contributed by atoms with Crippen LogP contribution >= 0.6 is 23.6 Å². The van der Waals surface area contributed by atoms with E-state index < -0.39 is 0 Å². The molecule has 2 heterocycles. The number of hydrogen-bond acceptors (Lipinski definition) is 4. The topological polar surface area (TPSA) is 60.9 Å². The van der Waals surface area contributed by atoms with Crippen LogP contribution in [0, 0.1) is 0 Å². The Morgan fingerprint density at radius 1 is 1.62 bits per heavy atom. The summed E-state index contributed by atoms with van der Waals surface area (Å²) in [5.74, 6) is 0. The molecule has 2 N–H and O–H groups in total. The smallest absolute Gasteiger partial charge is 0.261 e. The second kappa shape index (κ2) is 4.54. The molecule has 0 aliphatic carbocycles. The van der Waals surface area contributed by atoms with Gasteiger partial charge in [0.2, 0.25) is 0 Å². The zero-order chi connectivity index (χ0) is 11.5. The highest BCUT2D eigenvalue weighted by molar-refractivity contribution is 7.80. The largest absolute Gasteiger partial charge is 0.389 e. The molecule has 4 nitrogen and oxygen atoms in total. The lowest BCUT2D eigenvalue weighted by atomic mass is 10.3. The van der Waals surface area contributed by atoms with Crippen molar-refractivity contribution < 1.29 is 0 Å². The van der Waals surface area contributed by atoms with Crippen molar-refractivity contribution in [1.29, 1.82) is 0 Å². The monoisotopic (exact) mass is 251 g/mol. The summed E-state index contributed by atoms with van der Waals surface area (Å²) in [6.07, 6.45) is 3.45. The Labute approximate surface area is 101 Å². The second-order valence-corrected chi connectivity index (χ2v) is 4.60. The van der Waals surface area contributed by atoms with Crippen LogP contribution in [0.15, 0.2) is 34.8 Å². The van der Waals surface area contributed by atoms with E-state index in [9.17, 15) is 4.79 Å². The average Bonchev–Trinajstić information content (AvgIpc) is 2.73. The van der Waals surface area contributed by atoms with Gasteiger partial charge in [0.1, 0.15) is 4.99 Å². The minimum Gasteiger partial charge on any atom is -0.389 e. The van der Waals surface area contributed by atoms with Gasteiger partial charge in [-0.2, -0.15) is 0 Å². The summed E-state index contributed by atoms with van der Waals surface area (Å²) < 4.78 is 1.57. The van der Waals surface area contributed by atoms with Crippen molar-refractivity contribution >= 4 is 28.5 Å². The molecule has 2 aromatic rings. The lowest BCUT2D eigenvalue weighted by Crippen LogP contribution is -2.28. The van der Waals surface area contributed by atoms with Crippen LogP contribution in [0.4, 0.5) is 0 Å². The zero-order valence-electron chi connectivity index (χ0n) is 8.29. The lowest BCUT2D eigenvalue weighted by Gasteiger charge is -2.05. The van der Waals surface area contributed by atoms with Gasteiger partial charge in [0.15, 0.2) is 0 Å². The number of nitrogens with zero attached hydrogens (tertiary/aromatic N) is 2. The molecule has 0 saturated heterocycles. The Balaban J connectivity index is 2.39. The molecule has 6 heteroatoms. The van der Waals surface area contributed by atoms with E-state index in [1.807, 2.05) is 0 Å². The summed E-state index contributed by atoms with van der Waals surface area (Å²) in [5, 5.41) is 0. The fraction of sp³-hybridized carbons (Fsp3) is 0.100. The van der Waals surface area contributed by atoms with Crippen LogP contribution in [0.5, 0.6) is 0 Å². The number of aromatic nitrogens is 2. The van der Waals surface area contributed by atoms with Gasteiger partial charge in [0.05, 0.1) is 17.6 Å². The maximum Gasteiger partial charge on any atom is 0.261 e. The molecule has 0 aliphatic rings. The molecule has 82 valence electrons. The lowest BCUT2D eigenvalue weighted by molar-refractivity contribution is 0.767. The molecule has 2 aromatic heterocycles. The minimum absolute atomic E-state index is 0.128. The molecule has 0 aliphatic heterocycles. The fourth-order valence-electron chi connectivity index (χ4n) is 1.34. The first kappa shape index (κ1) is 11.0. The quantitative estimate of drug-likeness (QED) is 0.826. The van der Waals surface area contributed by atoms with Crippen LogP contribution in [0.2, 0.25) is 0 Å². The Bertz CT molecular complexity index is 560. The molecule has 0 radical (unpaired) electrons.